The number of amides is 5. The SMILES string of the molecule is C=CCN(C)C(=O)CCSCCCSCCCNC(=O)CCSCCCSCCCN(CCN(C)C)C(=O)CCSCCCSCCCN(CCO)C(=O)CCSCCCSCCCNC(=O)OC(C)(C)CCC. The van der Waals surface area contributed by atoms with E-state index in [1.54, 1.807) is 11.0 Å². The highest BCUT2D eigenvalue weighted by atomic mass is 32.2. The van der Waals surface area contributed by atoms with Crippen LogP contribution in [0.5, 0.6) is 0 Å². The molecular weight excluding hydrogens is 1090 g/mol. The number of nitrogens with zero attached hydrogens (tertiary/aromatic N) is 4. The van der Waals surface area contributed by atoms with Crippen molar-refractivity contribution in [3.8, 4) is 0 Å². The molecule has 0 aliphatic rings. The van der Waals surface area contributed by atoms with Gasteiger partial charge in [-0.25, -0.2) is 4.79 Å². The van der Waals surface area contributed by atoms with Gasteiger partial charge in [0.25, 0.3) is 0 Å². The first kappa shape index (κ1) is 73.6. The van der Waals surface area contributed by atoms with Crippen LogP contribution in [-0.2, 0) is 23.9 Å². The smallest absolute Gasteiger partial charge is 0.407 e. The molecule has 0 atom stereocenters. The van der Waals surface area contributed by atoms with E-state index in [2.05, 4.69) is 48.0 Å². The van der Waals surface area contributed by atoms with Crippen LogP contribution >= 0.6 is 94.1 Å². The molecule has 0 aliphatic heterocycles. The molecular formula is C53H102N6O7S8. The highest BCUT2D eigenvalue weighted by molar-refractivity contribution is 8.01. The summed E-state index contributed by atoms with van der Waals surface area (Å²) in [5, 5.41) is 15.5. The first-order chi connectivity index (χ1) is 35.8. The fourth-order valence-electron chi connectivity index (χ4n) is 6.99. The van der Waals surface area contributed by atoms with E-state index in [0.717, 1.165) is 182 Å². The Balaban J connectivity index is 3.90. The molecule has 0 saturated heterocycles. The lowest BCUT2D eigenvalue weighted by Crippen LogP contribution is -2.37. The predicted molar refractivity (Wildman–Crippen MR) is 337 cm³/mol. The summed E-state index contributed by atoms with van der Waals surface area (Å²) in [6.07, 6.45) is 13.8. The van der Waals surface area contributed by atoms with Crippen molar-refractivity contribution in [2.24, 2.45) is 0 Å². The van der Waals surface area contributed by atoms with Gasteiger partial charge in [-0.2, -0.15) is 94.1 Å². The van der Waals surface area contributed by atoms with Crippen LogP contribution in [0.15, 0.2) is 12.7 Å². The van der Waals surface area contributed by atoms with Crippen LogP contribution < -0.4 is 10.6 Å². The first-order valence-corrected chi connectivity index (χ1v) is 36.5. The number of thioether (sulfide) groups is 8. The topological polar surface area (TPSA) is 152 Å². The fourth-order valence-corrected chi connectivity index (χ4v) is 14.8. The van der Waals surface area contributed by atoms with E-state index in [-0.39, 0.29) is 36.3 Å². The van der Waals surface area contributed by atoms with Gasteiger partial charge in [-0.1, -0.05) is 19.4 Å². The number of aliphatic hydroxyl groups is 1. The lowest BCUT2D eigenvalue weighted by molar-refractivity contribution is -0.131. The summed E-state index contributed by atoms with van der Waals surface area (Å²) < 4.78 is 5.49. The Bertz CT molecular complexity index is 1410. The quantitative estimate of drug-likeness (QED) is 0.0391. The van der Waals surface area contributed by atoms with Gasteiger partial charge in [0.1, 0.15) is 5.60 Å². The molecule has 0 aliphatic carbocycles. The largest absolute Gasteiger partial charge is 0.444 e. The fraction of sp³-hybridized carbons (Fsp3) is 0.868. The second kappa shape index (κ2) is 53.3. The Kier molecular flexibility index (Phi) is 53.0. The van der Waals surface area contributed by atoms with Gasteiger partial charge in [0.2, 0.25) is 23.6 Å². The normalized spacial score (nSPS) is 11.5. The van der Waals surface area contributed by atoms with Crippen molar-refractivity contribution < 1.29 is 33.8 Å². The molecule has 0 heterocycles. The Morgan fingerprint density at radius 2 is 0.905 bits per heavy atom. The maximum Gasteiger partial charge on any atom is 0.407 e. The highest BCUT2D eigenvalue weighted by Crippen LogP contribution is 2.18. The summed E-state index contributed by atoms with van der Waals surface area (Å²) in [6, 6.07) is 0. The molecule has 0 unspecified atom stereocenters. The molecule has 0 spiro atoms. The molecule has 0 aromatic heterocycles. The molecule has 0 fully saturated rings. The van der Waals surface area contributed by atoms with E-state index in [1.165, 1.54) is 0 Å². The molecule has 5 amide bonds. The number of nitrogens with one attached hydrogen (secondary N) is 2. The Labute approximate surface area is 485 Å². The zero-order valence-electron chi connectivity index (χ0n) is 46.8. The number of hydrogen-bond acceptors (Lipinski definition) is 16. The standard InChI is InChI=1S/C53H102N6O7S8/c1-8-22-53(3,4)66-52(65)55-24-11-33-68-37-15-42-74-47-21-51(64)59(30-31-60)27-13-35-70-39-17-43-73-46-20-50(63)58(29-28-56(5)6)26-12-34-69-38-16-40-71-44-18-48(61)54-23-10-32-67-36-14-41-72-45-19-49(62)57(7)25-9-2/h9,60H,2,8,10-47H2,1,3-7H3,(H,54,61)(H,55,65). The molecule has 434 valence electrons. The summed E-state index contributed by atoms with van der Waals surface area (Å²) in [4.78, 5) is 70.0. The Hall–Kier alpha value is -0.390. The lowest BCUT2D eigenvalue weighted by atomic mass is 10.0. The van der Waals surface area contributed by atoms with E-state index in [1.807, 2.05) is 120 Å². The van der Waals surface area contributed by atoms with Gasteiger partial charge >= 0.3 is 6.09 Å². The first-order valence-electron chi connectivity index (χ1n) is 27.3. The maximum atomic E-state index is 13.2. The van der Waals surface area contributed by atoms with Crippen molar-refractivity contribution in [1.29, 1.82) is 0 Å². The van der Waals surface area contributed by atoms with Gasteiger partial charge in [-0.05, 0) is 155 Å². The molecule has 21 heteroatoms. The van der Waals surface area contributed by atoms with E-state index in [4.69, 9.17) is 4.74 Å². The number of aliphatic hydroxyl groups excluding tert-OH is 1. The van der Waals surface area contributed by atoms with Gasteiger partial charge in [-0.15, -0.1) is 6.58 Å². The predicted octanol–water partition coefficient (Wildman–Crippen LogP) is 9.81. The monoisotopic (exact) mass is 1190 g/mol. The van der Waals surface area contributed by atoms with Gasteiger partial charge in [0.15, 0.2) is 0 Å². The van der Waals surface area contributed by atoms with Gasteiger partial charge in [0.05, 0.1) is 6.61 Å². The highest BCUT2D eigenvalue weighted by Gasteiger charge is 2.21. The minimum Gasteiger partial charge on any atom is -0.444 e. The Morgan fingerprint density at radius 1 is 0.514 bits per heavy atom. The number of carbonyl (C=O) groups excluding carboxylic acids is 5. The minimum absolute atomic E-state index is 0.0130. The van der Waals surface area contributed by atoms with Crippen LogP contribution in [0, 0.1) is 0 Å². The third-order valence-corrected chi connectivity index (χ3v) is 20.0. The van der Waals surface area contributed by atoms with Gasteiger partial charge < -0.3 is 40.1 Å². The zero-order valence-corrected chi connectivity index (χ0v) is 53.3. The van der Waals surface area contributed by atoms with E-state index in [9.17, 15) is 29.1 Å². The number of ether oxygens (including phenoxy) is 1. The molecule has 0 aromatic rings. The minimum atomic E-state index is -0.428. The summed E-state index contributed by atoms with van der Waals surface area (Å²) in [7, 11) is 5.93. The summed E-state index contributed by atoms with van der Waals surface area (Å²) in [5.74, 6) is 16.8. The van der Waals surface area contributed by atoms with Crippen LogP contribution in [0.25, 0.3) is 0 Å². The van der Waals surface area contributed by atoms with Crippen LogP contribution in [0.1, 0.15) is 111 Å². The third-order valence-electron chi connectivity index (χ3n) is 11.1. The Morgan fingerprint density at radius 3 is 1.34 bits per heavy atom. The average Bonchev–Trinajstić information content (AvgIpc) is 3.35. The van der Waals surface area contributed by atoms with Gasteiger partial charge in [-0.3, -0.25) is 19.2 Å². The van der Waals surface area contributed by atoms with Crippen molar-refractivity contribution in [1.82, 2.24) is 30.2 Å². The molecule has 74 heavy (non-hydrogen) atoms. The lowest BCUT2D eigenvalue weighted by Gasteiger charge is -2.24. The molecule has 0 radical (unpaired) electrons. The third kappa shape index (κ3) is 48.7. The van der Waals surface area contributed by atoms with E-state index in [0.29, 0.717) is 51.9 Å². The molecule has 0 saturated carbocycles. The van der Waals surface area contributed by atoms with Crippen LogP contribution in [0.2, 0.25) is 0 Å². The van der Waals surface area contributed by atoms with Crippen LogP contribution in [0.4, 0.5) is 4.79 Å². The van der Waals surface area contributed by atoms with Crippen molar-refractivity contribution in [2.75, 3.05) is 172 Å². The van der Waals surface area contributed by atoms with E-state index >= 15 is 0 Å². The molecule has 0 rings (SSSR count). The van der Waals surface area contributed by atoms with Crippen molar-refractivity contribution in [3.05, 3.63) is 12.7 Å². The average molecular weight is 1190 g/mol. The zero-order chi connectivity index (χ0) is 54.8. The number of hydrogen-bond donors (Lipinski definition) is 3. The van der Waals surface area contributed by atoms with Crippen molar-refractivity contribution >= 4 is 124 Å². The number of likely N-dealkylation sites (N-methyl/N-ethyl adjacent to an activating group) is 2. The maximum absolute atomic E-state index is 13.2. The van der Waals surface area contributed by atoms with Crippen molar-refractivity contribution in [3.63, 3.8) is 0 Å². The molecule has 3 N–H and O–H groups in total. The number of alkyl carbamates (subject to hydrolysis) is 1. The second-order valence-electron chi connectivity index (χ2n) is 18.8. The molecule has 13 nitrogen and oxygen atoms in total. The van der Waals surface area contributed by atoms with Crippen molar-refractivity contribution in [2.45, 2.75) is 116 Å². The van der Waals surface area contributed by atoms with Gasteiger partial charge in [0, 0.05) is 108 Å². The molecule has 0 bridgehead atoms. The summed E-state index contributed by atoms with van der Waals surface area (Å²) in [6.45, 7) is 15.1. The summed E-state index contributed by atoms with van der Waals surface area (Å²) in [5.41, 5.74) is -0.428. The second-order valence-corrected chi connectivity index (χ2v) is 28.6. The van der Waals surface area contributed by atoms with E-state index < -0.39 is 5.60 Å². The van der Waals surface area contributed by atoms with Crippen LogP contribution in [0.3, 0.4) is 0 Å². The summed E-state index contributed by atoms with van der Waals surface area (Å²) >= 11 is 15.1. The van der Waals surface area contributed by atoms with Crippen LogP contribution in [-0.4, -0.2) is 232 Å². The number of carbonyl (C=O) groups is 5. The molecule has 0 aromatic carbocycles. The number of rotatable bonds is 54.